The number of carbonyl (C=O) groups is 1. The van der Waals surface area contributed by atoms with Gasteiger partial charge in [-0.15, -0.1) is 0 Å². The monoisotopic (exact) mass is 186 g/mol. The minimum Gasteiger partial charge on any atom is -0.294 e. The van der Waals surface area contributed by atoms with Crippen molar-refractivity contribution < 1.29 is 4.79 Å². The van der Waals surface area contributed by atoms with E-state index in [2.05, 4.69) is 0 Å². The van der Waals surface area contributed by atoms with Gasteiger partial charge in [-0.3, -0.25) is 4.79 Å². The molecule has 0 saturated carbocycles. The summed E-state index contributed by atoms with van der Waals surface area (Å²) < 4.78 is 0. The first kappa shape index (κ1) is 9.20. The van der Waals surface area contributed by atoms with Gasteiger partial charge >= 0.3 is 0 Å². The number of benzene rings is 1. The summed E-state index contributed by atoms with van der Waals surface area (Å²) in [7, 11) is 0. The van der Waals surface area contributed by atoms with Crippen LogP contribution in [-0.4, -0.2) is 5.78 Å². The maximum Gasteiger partial charge on any atom is 0.163 e. The summed E-state index contributed by atoms with van der Waals surface area (Å²) in [6, 6.07) is 10.0. The van der Waals surface area contributed by atoms with Crippen LogP contribution in [0.5, 0.6) is 0 Å². The Hall–Kier alpha value is -1.37. The predicted octanol–water partition coefficient (Wildman–Crippen LogP) is 3.08. The molecule has 0 unspecified atom stereocenters. The van der Waals surface area contributed by atoms with Gasteiger partial charge in [0.2, 0.25) is 0 Å². The van der Waals surface area contributed by atoms with Crippen LogP contribution in [0.25, 0.3) is 0 Å². The molecule has 1 nitrogen and oxygen atoms in total. The molecule has 0 fully saturated rings. The first-order valence-corrected chi connectivity index (χ1v) is 5.03. The van der Waals surface area contributed by atoms with Crippen molar-refractivity contribution in [2.24, 2.45) is 0 Å². The van der Waals surface area contributed by atoms with Gasteiger partial charge in [0.1, 0.15) is 0 Å². The van der Waals surface area contributed by atoms with Crippen LogP contribution in [0.15, 0.2) is 42.0 Å². The third-order valence-electron chi connectivity index (χ3n) is 2.76. The van der Waals surface area contributed by atoms with Gasteiger partial charge in [-0.1, -0.05) is 35.9 Å². The van der Waals surface area contributed by atoms with Crippen molar-refractivity contribution in [1.29, 1.82) is 0 Å². The van der Waals surface area contributed by atoms with Crippen molar-refractivity contribution in [1.82, 2.24) is 0 Å². The second-order valence-electron chi connectivity index (χ2n) is 3.90. The largest absolute Gasteiger partial charge is 0.294 e. The Kier molecular flexibility index (Phi) is 2.49. The highest BCUT2D eigenvalue weighted by atomic mass is 16.1. The Bertz CT molecular complexity index is 362. The Labute approximate surface area is 84.5 Å². The molecule has 2 rings (SSSR count). The van der Waals surface area contributed by atoms with Crippen LogP contribution in [0.3, 0.4) is 0 Å². The second-order valence-corrected chi connectivity index (χ2v) is 3.90. The highest BCUT2D eigenvalue weighted by Gasteiger charge is 2.21. The fraction of sp³-hybridized carbons (Fsp3) is 0.308. The van der Waals surface area contributed by atoms with Crippen molar-refractivity contribution in [2.45, 2.75) is 25.7 Å². The van der Waals surface area contributed by atoms with E-state index >= 15 is 0 Å². The summed E-state index contributed by atoms with van der Waals surface area (Å²) >= 11 is 0. The molecule has 1 aliphatic rings. The van der Waals surface area contributed by atoms with E-state index in [1.807, 2.05) is 37.3 Å². The molecule has 1 atom stereocenters. The first-order chi connectivity index (χ1) is 6.77. The van der Waals surface area contributed by atoms with E-state index in [4.69, 9.17) is 0 Å². The van der Waals surface area contributed by atoms with Gasteiger partial charge in [0.05, 0.1) is 0 Å². The van der Waals surface area contributed by atoms with E-state index in [1.54, 1.807) is 6.08 Å². The molecule has 0 amide bonds. The van der Waals surface area contributed by atoms with Crippen molar-refractivity contribution >= 4 is 5.78 Å². The fourth-order valence-electron chi connectivity index (χ4n) is 1.95. The lowest BCUT2D eigenvalue weighted by Gasteiger charge is -2.19. The van der Waals surface area contributed by atoms with Crippen LogP contribution >= 0.6 is 0 Å². The summed E-state index contributed by atoms with van der Waals surface area (Å²) in [4.78, 5) is 11.7. The smallest absolute Gasteiger partial charge is 0.163 e. The Morgan fingerprint density at radius 1 is 1.21 bits per heavy atom. The number of hydrogen-bond acceptors (Lipinski definition) is 1. The minimum absolute atomic E-state index is 0.0971. The van der Waals surface area contributed by atoms with Gasteiger partial charge in [-0.25, -0.2) is 0 Å². The molecule has 0 N–H and O–H groups in total. The van der Waals surface area contributed by atoms with E-state index in [9.17, 15) is 4.79 Å². The SMILES string of the molecule is CC1=CC(=O)[C@H](c2ccccc2)CC1. The molecule has 14 heavy (non-hydrogen) atoms. The normalized spacial score (nSPS) is 21.9. The Morgan fingerprint density at radius 2 is 1.93 bits per heavy atom. The number of hydrogen-bond donors (Lipinski definition) is 0. The highest BCUT2D eigenvalue weighted by Crippen LogP contribution is 2.28. The minimum atomic E-state index is 0.0971. The van der Waals surface area contributed by atoms with Gasteiger partial charge in [0, 0.05) is 5.92 Å². The van der Waals surface area contributed by atoms with E-state index in [0.29, 0.717) is 0 Å². The van der Waals surface area contributed by atoms with E-state index in [0.717, 1.165) is 18.4 Å². The Morgan fingerprint density at radius 3 is 2.57 bits per heavy atom. The standard InChI is InChI=1S/C13H14O/c1-10-7-8-12(13(14)9-10)11-5-3-2-4-6-11/h2-6,9,12H,7-8H2,1H3/t12-/m0/s1. The molecule has 1 heteroatoms. The zero-order valence-electron chi connectivity index (χ0n) is 8.36. The van der Waals surface area contributed by atoms with Gasteiger partial charge in [0.25, 0.3) is 0 Å². The second kappa shape index (κ2) is 3.79. The topological polar surface area (TPSA) is 17.1 Å². The van der Waals surface area contributed by atoms with Crippen molar-refractivity contribution in [3.05, 3.63) is 47.5 Å². The lowest BCUT2D eigenvalue weighted by molar-refractivity contribution is -0.116. The molecule has 72 valence electrons. The summed E-state index contributed by atoms with van der Waals surface area (Å²) in [5.74, 6) is 0.361. The molecule has 0 bridgehead atoms. The van der Waals surface area contributed by atoms with Gasteiger partial charge in [-0.05, 0) is 31.4 Å². The van der Waals surface area contributed by atoms with Crippen molar-refractivity contribution in [3.8, 4) is 0 Å². The van der Waals surface area contributed by atoms with Gasteiger partial charge in [-0.2, -0.15) is 0 Å². The van der Waals surface area contributed by atoms with E-state index < -0.39 is 0 Å². The highest BCUT2D eigenvalue weighted by molar-refractivity contribution is 5.96. The maximum absolute atomic E-state index is 11.7. The zero-order valence-corrected chi connectivity index (χ0v) is 8.36. The lowest BCUT2D eigenvalue weighted by Crippen LogP contribution is -2.14. The third kappa shape index (κ3) is 1.77. The van der Waals surface area contributed by atoms with Crippen molar-refractivity contribution in [2.75, 3.05) is 0 Å². The number of rotatable bonds is 1. The summed E-state index contributed by atoms with van der Waals surface area (Å²) in [5, 5.41) is 0. The molecule has 1 aliphatic carbocycles. The van der Waals surface area contributed by atoms with Crippen LogP contribution in [0, 0.1) is 0 Å². The van der Waals surface area contributed by atoms with Crippen LogP contribution in [-0.2, 0) is 4.79 Å². The number of allylic oxidation sites excluding steroid dienone is 2. The van der Waals surface area contributed by atoms with Gasteiger partial charge in [0.15, 0.2) is 5.78 Å². The summed E-state index contributed by atoms with van der Waals surface area (Å²) in [6.07, 6.45) is 3.80. The third-order valence-corrected chi connectivity index (χ3v) is 2.76. The molecular formula is C13H14O. The predicted molar refractivity (Wildman–Crippen MR) is 57.2 cm³/mol. The van der Waals surface area contributed by atoms with Crippen LogP contribution in [0.4, 0.5) is 0 Å². The molecule has 0 spiro atoms. The van der Waals surface area contributed by atoms with Crippen LogP contribution in [0.1, 0.15) is 31.2 Å². The average Bonchev–Trinajstić information content (AvgIpc) is 2.19. The molecule has 0 heterocycles. The van der Waals surface area contributed by atoms with Gasteiger partial charge < -0.3 is 0 Å². The molecular weight excluding hydrogens is 172 g/mol. The quantitative estimate of drug-likeness (QED) is 0.658. The molecule has 0 saturated heterocycles. The molecule has 1 aromatic carbocycles. The molecule has 0 aliphatic heterocycles. The maximum atomic E-state index is 11.7. The molecule has 0 aromatic heterocycles. The Balaban J connectivity index is 2.26. The zero-order chi connectivity index (χ0) is 9.97. The molecule has 0 radical (unpaired) electrons. The number of ketones is 1. The van der Waals surface area contributed by atoms with E-state index in [-0.39, 0.29) is 11.7 Å². The van der Waals surface area contributed by atoms with Crippen LogP contribution in [0.2, 0.25) is 0 Å². The van der Waals surface area contributed by atoms with Crippen molar-refractivity contribution in [3.63, 3.8) is 0 Å². The summed E-state index contributed by atoms with van der Waals surface area (Å²) in [6.45, 7) is 2.03. The first-order valence-electron chi connectivity index (χ1n) is 5.03. The van der Waals surface area contributed by atoms with E-state index in [1.165, 1.54) is 5.57 Å². The van der Waals surface area contributed by atoms with Crippen LogP contribution < -0.4 is 0 Å². The lowest BCUT2D eigenvalue weighted by atomic mass is 9.84. The fourth-order valence-corrected chi connectivity index (χ4v) is 1.95. The number of carbonyl (C=O) groups excluding carboxylic acids is 1. The summed E-state index contributed by atoms with van der Waals surface area (Å²) in [5.41, 5.74) is 2.36. The average molecular weight is 186 g/mol. The molecule has 1 aromatic rings.